The maximum atomic E-state index is 5.66. The van der Waals surface area contributed by atoms with Gasteiger partial charge < -0.3 is 15.4 Å². The van der Waals surface area contributed by atoms with Crippen LogP contribution in [0.5, 0.6) is 5.75 Å². The second-order valence-corrected chi connectivity index (χ2v) is 4.89. The standard InChI is InChI=1S/C17H29N3O.HI/c1-4-7-14-21-16-10-8-15(9-11-16)12-13-20-17(18-5-2)19-6-3;/h8-11H,4-7,12-14H2,1-3H3,(H2,18,19,20);1H. The van der Waals surface area contributed by atoms with Crippen LogP contribution in [-0.4, -0.2) is 32.2 Å². The molecule has 0 spiro atoms. The monoisotopic (exact) mass is 419 g/mol. The highest BCUT2D eigenvalue weighted by Crippen LogP contribution is 2.13. The Labute approximate surface area is 152 Å². The van der Waals surface area contributed by atoms with Crippen molar-refractivity contribution in [1.29, 1.82) is 0 Å². The average Bonchev–Trinajstić information content (AvgIpc) is 2.49. The van der Waals surface area contributed by atoms with Gasteiger partial charge in [-0.3, -0.25) is 4.99 Å². The van der Waals surface area contributed by atoms with E-state index in [2.05, 4.69) is 48.5 Å². The Bertz CT molecular complexity index is 399. The van der Waals surface area contributed by atoms with Gasteiger partial charge in [-0.25, -0.2) is 0 Å². The van der Waals surface area contributed by atoms with Gasteiger partial charge in [0.25, 0.3) is 0 Å². The number of nitrogens with one attached hydrogen (secondary N) is 2. The third-order valence-corrected chi connectivity index (χ3v) is 3.05. The highest BCUT2D eigenvalue weighted by molar-refractivity contribution is 14.0. The zero-order valence-electron chi connectivity index (χ0n) is 14.0. The first-order valence-electron chi connectivity index (χ1n) is 8.04. The van der Waals surface area contributed by atoms with Gasteiger partial charge in [0, 0.05) is 19.6 Å². The highest BCUT2D eigenvalue weighted by Gasteiger charge is 1.97. The Kier molecular flexibility index (Phi) is 13.1. The van der Waals surface area contributed by atoms with E-state index in [0.717, 1.165) is 57.2 Å². The van der Waals surface area contributed by atoms with Gasteiger partial charge >= 0.3 is 0 Å². The molecule has 0 bridgehead atoms. The Morgan fingerprint density at radius 2 is 1.68 bits per heavy atom. The number of hydrogen-bond acceptors (Lipinski definition) is 2. The molecule has 0 unspecified atom stereocenters. The zero-order valence-corrected chi connectivity index (χ0v) is 16.4. The number of aliphatic imine (C=N–C) groups is 1. The lowest BCUT2D eigenvalue weighted by molar-refractivity contribution is 0.309. The van der Waals surface area contributed by atoms with Crippen LogP contribution in [0.4, 0.5) is 0 Å². The van der Waals surface area contributed by atoms with Crippen LogP contribution < -0.4 is 15.4 Å². The summed E-state index contributed by atoms with van der Waals surface area (Å²) in [7, 11) is 0. The van der Waals surface area contributed by atoms with Crippen LogP contribution in [0.15, 0.2) is 29.3 Å². The molecule has 1 aromatic carbocycles. The van der Waals surface area contributed by atoms with Crippen LogP contribution in [0.1, 0.15) is 39.2 Å². The molecule has 0 aliphatic carbocycles. The molecule has 5 heteroatoms. The van der Waals surface area contributed by atoms with E-state index >= 15 is 0 Å². The number of rotatable bonds is 9. The van der Waals surface area contributed by atoms with E-state index < -0.39 is 0 Å². The summed E-state index contributed by atoms with van der Waals surface area (Å²) < 4.78 is 5.66. The summed E-state index contributed by atoms with van der Waals surface area (Å²) in [5.41, 5.74) is 1.29. The van der Waals surface area contributed by atoms with Gasteiger partial charge in [-0.15, -0.1) is 24.0 Å². The molecular formula is C17H30IN3O. The first-order chi connectivity index (χ1) is 10.3. The predicted molar refractivity (Wildman–Crippen MR) is 106 cm³/mol. The van der Waals surface area contributed by atoms with E-state index in [4.69, 9.17) is 4.74 Å². The molecule has 0 radical (unpaired) electrons. The fourth-order valence-corrected chi connectivity index (χ4v) is 1.89. The van der Waals surface area contributed by atoms with Crippen molar-refractivity contribution >= 4 is 29.9 Å². The van der Waals surface area contributed by atoms with Crippen molar-refractivity contribution in [2.45, 2.75) is 40.0 Å². The normalized spacial score (nSPS) is 9.59. The lowest BCUT2D eigenvalue weighted by Gasteiger charge is -2.09. The molecule has 0 amide bonds. The first kappa shape index (κ1) is 21.0. The summed E-state index contributed by atoms with van der Waals surface area (Å²) in [4.78, 5) is 4.54. The molecule has 2 N–H and O–H groups in total. The third-order valence-electron chi connectivity index (χ3n) is 3.05. The first-order valence-corrected chi connectivity index (χ1v) is 8.04. The SMILES string of the molecule is CCCCOc1ccc(CCN=C(NCC)NCC)cc1.I. The number of nitrogens with zero attached hydrogens (tertiary/aromatic N) is 1. The van der Waals surface area contributed by atoms with Gasteiger partial charge in [-0.1, -0.05) is 25.5 Å². The second-order valence-electron chi connectivity index (χ2n) is 4.89. The van der Waals surface area contributed by atoms with Crippen molar-refractivity contribution in [1.82, 2.24) is 10.6 Å². The van der Waals surface area contributed by atoms with Gasteiger partial charge in [0.2, 0.25) is 0 Å². The Morgan fingerprint density at radius 1 is 1.05 bits per heavy atom. The van der Waals surface area contributed by atoms with E-state index in [-0.39, 0.29) is 24.0 Å². The van der Waals surface area contributed by atoms with Crippen LogP contribution in [0.2, 0.25) is 0 Å². The molecule has 0 heterocycles. The molecule has 1 aromatic rings. The Balaban J connectivity index is 0.00000441. The number of hydrogen-bond donors (Lipinski definition) is 2. The molecule has 0 aromatic heterocycles. The summed E-state index contributed by atoms with van der Waals surface area (Å²) >= 11 is 0. The molecule has 0 fully saturated rings. The number of unbranched alkanes of at least 4 members (excludes halogenated alkanes) is 1. The van der Waals surface area contributed by atoms with E-state index in [0.29, 0.717) is 0 Å². The minimum Gasteiger partial charge on any atom is -0.494 e. The summed E-state index contributed by atoms with van der Waals surface area (Å²) in [5.74, 6) is 1.84. The van der Waals surface area contributed by atoms with Gasteiger partial charge in [0.15, 0.2) is 5.96 Å². The Morgan fingerprint density at radius 3 is 2.23 bits per heavy atom. The van der Waals surface area contributed by atoms with Crippen LogP contribution in [0.25, 0.3) is 0 Å². The summed E-state index contributed by atoms with van der Waals surface area (Å²) in [6.07, 6.45) is 3.21. The van der Waals surface area contributed by atoms with Crippen LogP contribution in [-0.2, 0) is 6.42 Å². The topological polar surface area (TPSA) is 45.6 Å². The molecule has 4 nitrogen and oxygen atoms in total. The van der Waals surface area contributed by atoms with Crippen molar-refractivity contribution < 1.29 is 4.74 Å². The summed E-state index contributed by atoms with van der Waals surface area (Å²) in [6, 6.07) is 8.34. The lowest BCUT2D eigenvalue weighted by atomic mass is 10.1. The fourth-order valence-electron chi connectivity index (χ4n) is 1.89. The zero-order chi connectivity index (χ0) is 15.3. The lowest BCUT2D eigenvalue weighted by Crippen LogP contribution is -2.37. The van der Waals surface area contributed by atoms with Crippen molar-refractivity contribution in [3.63, 3.8) is 0 Å². The average molecular weight is 419 g/mol. The van der Waals surface area contributed by atoms with E-state index in [1.54, 1.807) is 0 Å². The highest BCUT2D eigenvalue weighted by atomic mass is 127. The largest absolute Gasteiger partial charge is 0.494 e. The molecule has 0 aliphatic heterocycles. The van der Waals surface area contributed by atoms with Gasteiger partial charge in [0.05, 0.1) is 6.61 Å². The minimum absolute atomic E-state index is 0. The molecule has 0 aliphatic rings. The van der Waals surface area contributed by atoms with Gasteiger partial charge in [-0.05, 0) is 44.4 Å². The predicted octanol–water partition coefficient (Wildman–Crippen LogP) is 3.60. The van der Waals surface area contributed by atoms with Crippen LogP contribution >= 0.6 is 24.0 Å². The second kappa shape index (κ2) is 13.7. The van der Waals surface area contributed by atoms with Crippen molar-refractivity contribution in [3.05, 3.63) is 29.8 Å². The number of ether oxygens (including phenoxy) is 1. The maximum absolute atomic E-state index is 5.66. The van der Waals surface area contributed by atoms with E-state index in [1.165, 1.54) is 5.56 Å². The fraction of sp³-hybridized carbons (Fsp3) is 0.588. The molecule has 22 heavy (non-hydrogen) atoms. The molecule has 0 saturated heterocycles. The summed E-state index contributed by atoms with van der Waals surface area (Å²) in [5, 5.41) is 6.45. The number of guanidine groups is 1. The number of benzene rings is 1. The van der Waals surface area contributed by atoms with E-state index in [9.17, 15) is 0 Å². The molecule has 1 rings (SSSR count). The van der Waals surface area contributed by atoms with Crippen LogP contribution in [0.3, 0.4) is 0 Å². The van der Waals surface area contributed by atoms with Crippen molar-refractivity contribution in [3.8, 4) is 5.75 Å². The van der Waals surface area contributed by atoms with Gasteiger partial charge in [-0.2, -0.15) is 0 Å². The smallest absolute Gasteiger partial charge is 0.191 e. The molecule has 0 saturated carbocycles. The van der Waals surface area contributed by atoms with Crippen molar-refractivity contribution in [2.24, 2.45) is 4.99 Å². The van der Waals surface area contributed by atoms with Gasteiger partial charge in [0.1, 0.15) is 5.75 Å². The van der Waals surface area contributed by atoms with Crippen molar-refractivity contribution in [2.75, 3.05) is 26.2 Å². The maximum Gasteiger partial charge on any atom is 0.191 e. The number of halogens is 1. The third kappa shape index (κ3) is 9.12. The molecular weight excluding hydrogens is 389 g/mol. The van der Waals surface area contributed by atoms with E-state index in [1.807, 2.05) is 12.1 Å². The molecule has 0 atom stereocenters. The van der Waals surface area contributed by atoms with Crippen LogP contribution in [0, 0.1) is 0 Å². The minimum atomic E-state index is 0. The Hall–Kier alpha value is -0.980. The quantitative estimate of drug-likeness (QED) is 0.278. The summed E-state index contributed by atoms with van der Waals surface area (Å²) in [6.45, 7) is 9.67. The molecule has 126 valence electrons.